The van der Waals surface area contributed by atoms with Crippen LogP contribution in [0.3, 0.4) is 0 Å². The topological polar surface area (TPSA) is 38.9 Å². The van der Waals surface area contributed by atoms with E-state index >= 15 is 0 Å². The Morgan fingerprint density at radius 2 is 1.87 bits per heavy atom. The molecule has 0 radical (unpaired) electrons. The largest absolute Gasteiger partial charge is 0.330 e. The Morgan fingerprint density at radius 3 is 2.40 bits per heavy atom. The van der Waals surface area contributed by atoms with Crippen molar-refractivity contribution in [3.63, 3.8) is 0 Å². The number of hydrogen-bond donors (Lipinski definition) is 1. The van der Waals surface area contributed by atoms with Gasteiger partial charge in [-0.05, 0) is 29.8 Å². The van der Waals surface area contributed by atoms with E-state index < -0.39 is 0 Å². The number of hydrogen-bond acceptors (Lipinski definition) is 2. The Balaban J connectivity index is 0.000000195. The number of aromatic nitrogens is 1. The van der Waals surface area contributed by atoms with Crippen LogP contribution in [0.5, 0.6) is 0 Å². The minimum atomic E-state index is 0.844. The number of benzene rings is 1. The van der Waals surface area contributed by atoms with Crippen LogP contribution >= 0.6 is 0 Å². The summed E-state index contributed by atoms with van der Waals surface area (Å²) in [6, 6.07) is 10.2. The molecule has 15 heavy (non-hydrogen) atoms. The van der Waals surface area contributed by atoms with Gasteiger partial charge in [-0.2, -0.15) is 0 Å². The maximum atomic E-state index is 5.14. The van der Waals surface area contributed by atoms with Crippen LogP contribution in [0.1, 0.15) is 19.8 Å². The molecular weight excluding hydrogens is 184 g/mol. The van der Waals surface area contributed by atoms with Crippen LogP contribution in [0.15, 0.2) is 42.7 Å². The molecule has 0 spiro atoms. The number of rotatable bonds is 2. The van der Waals surface area contributed by atoms with E-state index in [4.69, 9.17) is 5.73 Å². The van der Waals surface area contributed by atoms with Gasteiger partial charge in [-0.3, -0.25) is 4.98 Å². The van der Waals surface area contributed by atoms with Crippen molar-refractivity contribution in [1.82, 2.24) is 4.98 Å². The Bertz CT molecular complexity index is 317. The third-order valence-corrected chi connectivity index (χ3v) is 2.11. The molecule has 1 aromatic carbocycles. The monoisotopic (exact) mass is 202 g/mol. The summed E-state index contributed by atoms with van der Waals surface area (Å²) in [5.74, 6) is 0. The first-order valence-corrected chi connectivity index (χ1v) is 5.37. The van der Waals surface area contributed by atoms with Crippen LogP contribution in [0, 0.1) is 0 Å². The second kappa shape index (κ2) is 6.96. The second-order valence-corrected chi connectivity index (χ2v) is 3.37. The van der Waals surface area contributed by atoms with Gasteiger partial charge in [0.15, 0.2) is 0 Å². The zero-order valence-corrected chi connectivity index (χ0v) is 9.19. The number of unbranched alkanes of at least 4 members (excludes halogenated alkanes) is 1. The van der Waals surface area contributed by atoms with Gasteiger partial charge >= 0.3 is 0 Å². The van der Waals surface area contributed by atoms with Crippen molar-refractivity contribution < 1.29 is 0 Å². The first-order chi connectivity index (χ1) is 7.38. The van der Waals surface area contributed by atoms with Crippen molar-refractivity contribution >= 4 is 10.8 Å². The molecule has 0 saturated carbocycles. The fraction of sp³-hybridized carbons (Fsp3) is 0.308. The first kappa shape index (κ1) is 11.7. The molecule has 2 nitrogen and oxygen atoms in total. The molecule has 0 amide bonds. The SMILES string of the molecule is CCCCN.c1ccc2cnccc2c1. The lowest BCUT2D eigenvalue weighted by atomic mass is 10.2. The summed E-state index contributed by atoms with van der Waals surface area (Å²) < 4.78 is 0. The lowest BCUT2D eigenvalue weighted by Gasteiger charge is -1.91. The van der Waals surface area contributed by atoms with Gasteiger partial charge in [0, 0.05) is 12.4 Å². The molecule has 80 valence electrons. The summed E-state index contributed by atoms with van der Waals surface area (Å²) in [6.45, 7) is 2.98. The molecule has 2 heteroatoms. The summed E-state index contributed by atoms with van der Waals surface area (Å²) in [5, 5.41) is 2.45. The van der Waals surface area contributed by atoms with E-state index in [0.717, 1.165) is 6.54 Å². The zero-order chi connectivity index (χ0) is 10.9. The predicted octanol–water partition coefficient (Wildman–Crippen LogP) is 2.98. The highest BCUT2D eigenvalue weighted by Crippen LogP contribution is 2.09. The number of nitrogens with zero attached hydrogens (tertiary/aromatic N) is 1. The average Bonchev–Trinajstić information content (AvgIpc) is 2.31. The fourth-order valence-electron chi connectivity index (χ4n) is 1.23. The number of fused-ring (bicyclic) bond motifs is 1. The van der Waals surface area contributed by atoms with E-state index in [1.54, 1.807) is 0 Å². The van der Waals surface area contributed by atoms with Crippen LogP contribution in [-0.4, -0.2) is 11.5 Å². The van der Waals surface area contributed by atoms with Gasteiger partial charge in [0.25, 0.3) is 0 Å². The summed E-state index contributed by atoms with van der Waals surface area (Å²) in [4.78, 5) is 4.01. The molecule has 1 heterocycles. The third kappa shape index (κ3) is 4.09. The lowest BCUT2D eigenvalue weighted by Crippen LogP contribution is -1.95. The maximum absolute atomic E-state index is 5.14. The van der Waals surface area contributed by atoms with E-state index in [9.17, 15) is 0 Å². The molecule has 0 aliphatic rings. The molecule has 0 atom stereocenters. The van der Waals surface area contributed by atoms with E-state index in [-0.39, 0.29) is 0 Å². The van der Waals surface area contributed by atoms with Crippen LogP contribution in [0.2, 0.25) is 0 Å². The average molecular weight is 202 g/mol. The standard InChI is InChI=1S/C9H7N.C4H11N/c1-2-4-9-7-10-6-5-8(9)3-1;1-2-3-4-5/h1-7H;2-5H2,1H3. The normalized spacial score (nSPS) is 9.47. The van der Waals surface area contributed by atoms with Crippen molar-refractivity contribution in [2.75, 3.05) is 6.54 Å². The smallest absolute Gasteiger partial charge is 0.0346 e. The van der Waals surface area contributed by atoms with E-state index in [1.165, 1.54) is 23.6 Å². The predicted molar refractivity (Wildman–Crippen MR) is 65.7 cm³/mol. The van der Waals surface area contributed by atoms with Crippen LogP contribution in [-0.2, 0) is 0 Å². The molecule has 0 unspecified atom stereocenters. The van der Waals surface area contributed by atoms with E-state index in [2.05, 4.69) is 24.0 Å². The van der Waals surface area contributed by atoms with Crippen molar-refractivity contribution in [2.45, 2.75) is 19.8 Å². The summed E-state index contributed by atoms with van der Waals surface area (Å²) >= 11 is 0. The molecular formula is C13H18N2. The van der Waals surface area contributed by atoms with Gasteiger partial charge in [-0.1, -0.05) is 37.6 Å². The number of nitrogens with two attached hydrogens (primary N) is 1. The minimum Gasteiger partial charge on any atom is -0.330 e. The van der Waals surface area contributed by atoms with Crippen molar-refractivity contribution in [1.29, 1.82) is 0 Å². The van der Waals surface area contributed by atoms with Crippen LogP contribution < -0.4 is 5.73 Å². The highest BCUT2D eigenvalue weighted by Gasteiger charge is 1.86. The first-order valence-electron chi connectivity index (χ1n) is 5.37. The molecule has 0 aliphatic heterocycles. The molecule has 0 fully saturated rings. The van der Waals surface area contributed by atoms with Crippen LogP contribution in [0.4, 0.5) is 0 Å². The van der Waals surface area contributed by atoms with Gasteiger partial charge in [-0.25, -0.2) is 0 Å². The summed E-state index contributed by atoms with van der Waals surface area (Å²) in [5.41, 5.74) is 5.14. The molecule has 1 aromatic heterocycles. The molecule has 2 rings (SSSR count). The van der Waals surface area contributed by atoms with E-state index in [1.807, 2.05) is 30.6 Å². The third-order valence-electron chi connectivity index (χ3n) is 2.11. The highest BCUT2D eigenvalue weighted by molar-refractivity contribution is 5.80. The summed E-state index contributed by atoms with van der Waals surface area (Å²) in [7, 11) is 0. The Hall–Kier alpha value is -1.41. The van der Waals surface area contributed by atoms with Crippen molar-refractivity contribution in [3.8, 4) is 0 Å². The Kier molecular flexibility index (Phi) is 5.41. The molecule has 0 aliphatic carbocycles. The van der Waals surface area contributed by atoms with Crippen LogP contribution in [0.25, 0.3) is 10.8 Å². The van der Waals surface area contributed by atoms with Gasteiger partial charge in [0.05, 0.1) is 0 Å². The maximum Gasteiger partial charge on any atom is 0.0346 e. The Labute approximate surface area is 91.1 Å². The minimum absolute atomic E-state index is 0.844. The van der Waals surface area contributed by atoms with E-state index in [0.29, 0.717) is 0 Å². The number of pyridine rings is 1. The quantitative estimate of drug-likeness (QED) is 0.813. The molecule has 0 bridgehead atoms. The zero-order valence-electron chi connectivity index (χ0n) is 9.19. The van der Waals surface area contributed by atoms with Crippen molar-refractivity contribution in [3.05, 3.63) is 42.7 Å². The van der Waals surface area contributed by atoms with Gasteiger partial charge in [0.2, 0.25) is 0 Å². The lowest BCUT2D eigenvalue weighted by molar-refractivity contribution is 0.807. The van der Waals surface area contributed by atoms with Gasteiger partial charge in [-0.15, -0.1) is 0 Å². The molecule has 2 N–H and O–H groups in total. The van der Waals surface area contributed by atoms with Gasteiger partial charge in [0.1, 0.15) is 0 Å². The Morgan fingerprint density at radius 1 is 1.13 bits per heavy atom. The molecule has 2 aromatic rings. The fourth-order valence-corrected chi connectivity index (χ4v) is 1.23. The highest BCUT2D eigenvalue weighted by atomic mass is 14.6. The van der Waals surface area contributed by atoms with Gasteiger partial charge < -0.3 is 5.73 Å². The summed E-state index contributed by atoms with van der Waals surface area (Å²) in [6.07, 6.45) is 6.06. The second-order valence-electron chi connectivity index (χ2n) is 3.37. The molecule has 0 saturated heterocycles. The van der Waals surface area contributed by atoms with Crippen molar-refractivity contribution in [2.24, 2.45) is 5.73 Å².